The van der Waals surface area contributed by atoms with Crippen LogP contribution < -0.4 is 4.74 Å². The standard InChI is InChI=1S/C19H28N2O3S/c1-13-14(9-8-10-17(13)24-7)18-15(11-20(5)6)16(22)12-21(18)25(23)19(2,3)4/h8-11,18H,12H2,1-7H3/b15-11+/t18-,25-/m1/s1. The number of benzene rings is 1. The summed E-state index contributed by atoms with van der Waals surface area (Å²) >= 11 is -1.30. The van der Waals surface area contributed by atoms with Crippen LogP contribution in [0, 0.1) is 6.92 Å². The van der Waals surface area contributed by atoms with E-state index in [1.54, 1.807) is 11.4 Å². The Morgan fingerprint density at radius 3 is 2.52 bits per heavy atom. The molecular weight excluding hydrogens is 336 g/mol. The van der Waals surface area contributed by atoms with E-state index in [4.69, 9.17) is 4.74 Å². The zero-order chi connectivity index (χ0) is 18.9. The van der Waals surface area contributed by atoms with Crippen molar-refractivity contribution in [2.24, 2.45) is 0 Å². The molecular formula is C19H28N2O3S. The van der Waals surface area contributed by atoms with Crippen molar-refractivity contribution in [3.63, 3.8) is 0 Å². The van der Waals surface area contributed by atoms with Crippen molar-refractivity contribution in [2.75, 3.05) is 27.7 Å². The topological polar surface area (TPSA) is 55.8 Å². The average molecular weight is 365 g/mol. The molecule has 138 valence electrons. The largest absolute Gasteiger partial charge is 0.597 e. The second kappa shape index (κ2) is 7.40. The lowest BCUT2D eigenvalue weighted by molar-refractivity contribution is -0.114. The van der Waals surface area contributed by atoms with Gasteiger partial charge in [0.2, 0.25) is 0 Å². The summed E-state index contributed by atoms with van der Waals surface area (Å²) in [6.45, 7) is 7.91. The van der Waals surface area contributed by atoms with E-state index in [0.29, 0.717) is 5.57 Å². The highest BCUT2D eigenvalue weighted by Gasteiger charge is 2.48. The fourth-order valence-electron chi connectivity index (χ4n) is 3.03. The molecule has 2 atom stereocenters. The first-order valence-electron chi connectivity index (χ1n) is 8.31. The molecule has 1 fully saturated rings. The van der Waals surface area contributed by atoms with Crippen LogP contribution in [0.1, 0.15) is 37.9 Å². The molecule has 1 saturated heterocycles. The van der Waals surface area contributed by atoms with Crippen LogP contribution >= 0.6 is 0 Å². The van der Waals surface area contributed by atoms with Crippen LogP contribution in [0.3, 0.4) is 0 Å². The molecule has 25 heavy (non-hydrogen) atoms. The molecule has 1 aromatic carbocycles. The van der Waals surface area contributed by atoms with Gasteiger partial charge in [-0.05, 0) is 44.9 Å². The van der Waals surface area contributed by atoms with E-state index in [9.17, 15) is 9.35 Å². The number of carbonyl (C=O) groups excluding carboxylic acids is 1. The second-order valence-electron chi connectivity index (χ2n) is 7.48. The van der Waals surface area contributed by atoms with Crippen LogP contribution in [-0.4, -0.2) is 52.0 Å². The Labute approximate surface area is 154 Å². The van der Waals surface area contributed by atoms with Gasteiger partial charge in [-0.25, -0.2) is 0 Å². The number of nitrogens with zero attached hydrogens (tertiary/aromatic N) is 2. The lowest BCUT2D eigenvalue weighted by Gasteiger charge is -2.34. The van der Waals surface area contributed by atoms with Crippen LogP contribution in [0.5, 0.6) is 5.75 Å². The minimum absolute atomic E-state index is 0.0125. The smallest absolute Gasteiger partial charge is 0.181 e. The van der Waals surface area contributed by atoms with Gasteiger partial charge in [-0.1, -0.05) is 12.1 Å². The number of rotatable bonds is 4. The Kier molecular flexibility index (Phi) is 5.86. The fourth-order valence-corrected chi connectivity index (χ4v) is 4.39. The summed E-state index contributed by atoms with van der Waals surface area (Å²) in [7, 11) is 5.41. The Balaban J connectivity index is 2.62. The predicted molar refractivity (Wildman–Crippen MR) is 102 cm³/mol. The SMILES string of the molecule is COc1cccc([C@@H]2/C(=C/N(C)C)C(=O)CN2[S@+]([O-])C(C)(C)C)c1C. The van der Waals surface area contributed by atoms with E-state index in [1.807, 2.05) is 71.1 Å². The van der Waals surface area contributed by atoms with E-state index >= 15 is 0 Å². The summed E-state index contributed by atoms with van der Waals surface area (Å²) < 4.78 is 19.9. The number of hydrogen-bond acceptors (Lipinski definition) is 5. The van der Waals surface area contributed by atoms with Gasteiger partial charge in [-0.2, -0.15) is 0 Å². The molecule has 0 bridgehead atoms. The zero-order valence-corrected chi connectivity index (χ0v) is 16.9. The molecule has 0 aliphatic carbocycles. The number of ketones is 1. The molecule has 1 aliphatic heterocycles. The maximum absolute atomic E-state index is 13.1. The third-order valence-corrected chi connectivity index (χ3v) is 5.99. The minimum Gasteiger partial charge on any atom is -0.597 e. The molecule has 0 saturated carbocycles. The number of hydrogen-bond donors (Lipinski definition) is 0. The van der Waals surface area contributed by atoms with Crippen LogP contribution in [0.2, 0.25) is 0 Å². The molecule has 0 N–H and O–H groups in total. The lowest BCUT2D eigenvalue weighted by atomic mass is 9.95. The van der Waals surface area contributed by atoms with Gasteiger partial charge in [0.25, 0.3) is 0 Å². The Bertz CT molecular complexity index is 680. The van der Waals surface area contributed by atoms with Crippen LogP contribution in [-0.2, 0) is 16.2 Å². The third kappa shape index (κ3) is 4.02. The Hall–Kier alpha value is -1.50. The number of methoxy groups -OCH3 is 1. The molecule has 1 heterocycles. The molecule has 1 aromatic rings. The van der Waals surface area contributed by atoms with Crippen molar-refractivity contribution in [1.29, 1.82) is 0 Å². The van der Waals surface area contributed by atoms with E-state index in [-0.39, 0.29) is 18.4 Å². The molecule has 0 spiro atoms. The maximum Gasteiger partial charge on any atom is 0.181 e. The van der Waals surface area contributed by atoms with Gasteiger partial charge in [0, 0.05) is 37.2 Å². The first-order valence-corrected chi connectivity index (χ1v) is 9.42. The third-order valence-electron chi connectivity index (χ3n) is 4.18. The molecule has 2 rings (SSSR count). The van der Waals surface area contributed by atoms with Crippen molar-refractivity contribution >= 4 is 17.1 Å². The average Bonchev–Trinajstić information content (AvgIpc) is 2.82. The summed E-state index contributed by atoms with van der Waals surface area (Å²) in [5.74, 6) is 0.779. The molecule has 1 aliphatic rings. The van der Waals surface area contributed by atoms with Gasteiger partial charge in [0.15, 0.2) is 5.78 Å². The molecule has 0 amide bonds. The molecule has 0 aromatic heterocycles. The van der Waals surface area contributed by atoms with Crippen LogP contribution in [0.4, 0.5) is 0 Å². The van der Waals surface area contributed by atoms with E-state index in [1.165, 1.54) is 0 Å². The van der Waals surface area contributed by atoms with Crippen molar-refractivity contribution < 1.29 is 14.1 Å². The van der Waals surface area contributed by atoms with Crippen molar-refractivity contribution in [2.45, 2.75) is 38.5 Å². The highest BCUT2D eigenvalue weighted by atomic mass is 32.2. The van der Waals surface area contributed by atoms with Gasteiger partial charge in [-0.15, -0.1) is 4.31 Å². The Morgan fingerprint density at radius 2 is 2.00 bits per heavy atom. The van der Waals surface area contributed by atoms with Crippen molar-refractivity contribution in [1.82, 2.24) is 9.21 Å². The van der Waals surface area contributed by atoms with Gasteiger partial charge in [0.05, 0.1) is 7.11 Å². The molecule has 6 heteroatoms. The normalized spacial score (nSPS) is 21.7. The number of Topliss-reactive ketones (excluding diaryl/α,β-unsaturated/α-hetero) is 1. The number of carbonyl (C=O) groups is 1. The summed E-state index contributed by atoms with van der Waals surface area (Å²) in [5, 5.41) is 0. The molecule has 0 unspecified atom stereocenters. The second-order valence-corrected chi connectivity index (χ2v) is 9.68. The van der Waals surface area contributed by atoms with Crippen LogP contribution in [0.25, 0.3) is 0 Å². The quantitative estimate of drug-likeness (QED) is 0.607. The fraction of sp³-hybridized carbons (Fsp3) is 0.526. The van der Waals surface area contributed by atoms with Crippen molar-refractivity contribution in [3.05, 3.63) is 41.1 Å². The van der Waals surface area contributed by atoms with Crippen molar-refractivity contribution in [3.8, 4) is 5.75 Å². The lowest BCUT2D eigenvalue weighted by Crippen LogP contribution is -2.43. The first kappa shape index (κ1) is 19.8. The summed E-state index contributed by atoms with van der Waals surface area (Å²) in [6, 6.07) is 5.45. The summed E-state index contributed by atoms with van der Waals surface area (Å²) in [4.78, 5) is 14.6. The molecule has 5 nitrogen and oxygen atoms in total. The molecule has 0 radical (unpaired) electrons. The van der Waals surface area contributed by atoms with Gasteiger partial charge >= 0.3 is 0 Å². The van der Waals surface area contributed by atoms with E-state index < -0.39 is 16.1 Å². The number of ether oxygens (including phenoxy) is 1. The van der Waals surface area contributed by atoms with E-state index in [0.717, 1.165) is 16.9 Å². The predicted octanol–water partition coefficient (Wildman–Crippen LogP) is 2.84. The van der Waals surface area contributed by atoms with E-state index in [2.05, 4.69) is 0 Å². The monoisotopic (exact) mass is 364 g/mol. The Morgan fingerprint density at radius 1 is 1.36 bits per heavy atom. The van der Waals surface area contributed by atoms with Crippen LogP contribution in [0.15, 0.2) is 30.0 Å². The first-order chi connectivity index (χ1) is 11.6. The summed E-state index contributed by atoms with van der Waals surface area (Å²) in [5.41, 5.74) is 2.58. The van der Waals surface area contributed by atoms with Gasteiger partial charge < -0.3 is 14.2 Å². The highest BCUT2D eigenvalue weighted by molar-refractivity contribution is 7.90. The minimum atomic E-state index is -1.30. The maximum atomic E-state index is 13.1. The summed E-state index contributed by atoms with van der Waals surface area (Å²) in [6.07, 6.45) is 1.84. The highest BCUT2D eigenvalue weighted by Crippen LogP contribution is 2.42. The van der Waals surface area contributed by atoms with Gasteiger partial charge in [-0.3, -0.25) is 4.79 Å². The van der Waals surface area contributed by atoms with Gasteiger partial charge in [0.1, 0.15) is 23.1 Å². The zero-order valence-electron chi connectivity index (χ0n) is 16.1.